The molecule has 0 saturated heterocycles. The number of carboxylic acid groups (broad SMARTS) is 1. The van der Waals surface area contributed by atoms with Crippen molar-refractivity contribution in [3.8, 4) is 0 Å². The lowest BCUT2D eigenvalue weighted by atomic mass is 9.98. The summed E-state index contributed by atoms with van der Waals surface area (Å²) in [5, 5.41) is 9.39. The van der Waals surface area contributed by atoms with Gasteiger partial charge in [0.1, 0.15) is 11.7 Å². The van der Waals surface area contributed by atoms with Gasteiger partial charge in [0.2, 0.25) is 0 Å². The van der Waals surface area contributed by atoms with Crippen LogP contribution in [0.1, 0.15) is 28.7 Å². The lowest BCUT2D eigenvalue weighted by Crippen LogP contribution is -2.18. The van der Waals surface area contributed by atoms with Crippen LogP contribution in [0.2, 0.25) is 0 Å². The molecule has 0 bridgehead atoms. The maximum Gasteiger partial charge on any atom is 0.314 e. The summed E-state index contributed by atoms with van der Waals surface area (Å²) in [6.07, 6.45) is 0.402. The van der Waals surface area contributed by atoms with Crippen LogP contribution in [0.4, 0.5) is 0 Å². The molecular formula is C15H16N2O2. The first-order valence-electron chi connectivity index (χ1n) is 6.15. The lowest BCUT2D eigenvalue weighted by molar-refractivity contribution is -0.139. The predicted octanol–water partition coefficient (Wildman–Crippen LogP) is 2.50. The summed E-state index contributed by atoms with van der Waals surface area (Å²) in [4.78, 5) is 20.0. The molecule has 0 spiro atoms. The standard InChI is InChI=1S/C15H16N2O2/c1-10-8-11(2)17-14(16-10)13(15(18)19)9-12-6-4-3-5-7-12/h3-8,13H,9H2,1-2H3,(H,18,19). The third-order valence-corrected chi connectivity index (χ3v) is 2.89. The van der Waals surface area contributed by atoms with Crippen LogP contribution in [0.5, 0.6) is 0 Å². The summed E-state index contributed by atoms with van der Waals surface area (Å²) in [6, 6.07) is 11.4. The average Bonchev–Trinajstić information content (AvgIpc) is 2.35. The third kappa shape index (κ3) is 3.37. The van der Waals surface area contributed by atoms with Gasteiger partial charge in [-0.1, -0.05) is 30.3 Å². The van der Waals surface area contributed by atoms with E-state index in [9.17, 15) is 9.90 Å². The molecule has 0 fully saturated rings. The van der Waals surface area contributed by atoms with E-state index in [0.29, 0.717) is 12.2 Å². The molecule has 0 radical (unpaired) electrons. The van der Waals surface area contributed by atoms with Gasteiger partial charge in [-0.05, 0) is 31.9 Å². The predicted molar refractivity (Wildman–Crippen MR) is 72.0 cm³/mol. The monoisotopic (exact) mass is 256 g/mol. The van der Waals surface area contributed by atoms with Crippen LogP contribution >= 0.6 is 0 Å². The number of hydrogen-bond acceptors (Lipinski definition) is 3. The maximum absolute atomic E-state index is 11.4. The van der Waals surface area contributed by atoms with Gasteiger partial charge < -0.3 is 5.11 Å². The molecule has 2 rings (SSSR count). The number of hydrogen-bond donors (Lipinski definition) is 1. The Bertz CT molecular complexity index is 562. The second-order valence-corrected chi connectivity index (χ2v) is 4.59. The molecule has 0 aliphatic heterocycles. The van der Waals surface area contributed by atoms with Crippen molar-refractivity contribution in [1.82, 2.24) is 9.97 Å². The number of benzene rings is 1. The Morgan fingerprint density at radius 2 is 1.74 bits per heavy atom. The smallest absolute Gasteiger partial charge is 0.314 e. The van der Waals surface area contributed by atoms with E-state index in [0.717, 1.165) is 17.0 Å². The molecule has 0 aliphatic carbocycles. The van der Waals surface area contributed by atoms with E-state index in [1.54, 1.807) is 0 Å². The third-order valence-electron chi connectivity index (χ3n) is 2.89. The van der Waals surface area contributed by atoms with Crippen LogP contribution < -0.4 is 0 Å². The number of aliphatic carboxylic acids is 1. The number of carbonyl (C=O) groups is 1. The Kier molecular flexibility index (Phi) is 3.90. The molecule has 4 heteroatoms. The molecule has 4 nitrogen and oxygen atoms in total. The van der Waals surface area contributed by atoms with Crippen molar-refractivity contribution in [2.75, 3.05) is 0 Å². The van der Waals surface area contributed by atoms with E-state index >= 15 is 0 Å². The molecule has 0 saturated carbocycles. The molecule has 0 amide bonds. The Balaban J connectivity index is 2.32. The van der Waals surface area contributed by atoms with Crippen LogP contribution in [0.25, 0.3) is 0 Å². The molecule has 1 unspecified atom stereocenters. The second kappa shape index (κ2) is 5.61. The zero-order valence-electron chi connectivity index (χ0n) is 11.0. The zero-order chi connectivity index (χ0) is 13.8. The summed E-state index contributed by atoms with van der Waals surface area (Å²) >= 11 is 0. The van der Waals surface area contributed by atoms with Crippen molar-refractivity contribution in [3.63, 3.8) is 0 Å². The number of aryl methyl sites for hydroxylation is 2. The Labute approximate surface area is 112 Å². The molecule has 1 atom stereocenters. The van der Waals surface area contributed by atoms with Crippen molar-refractivity contribution in [2.24, 2.45) is 0 Å². The Morgan fingerprint density at radius 3 is 2.26 bits per heavy atom. The minimum Gasteiger partial charge on any atom is -0.481 e. The minimum absolute atomic E-state index is 0.383. The van der Waals surface area contributed by atoms with Gasteiger partial charge in [-0.2, -0.15) is 0 Å². The van der Waals surface area contributed by atoms with Crippen molar-refractivity contribution in [2.45, 2.75) is 26.2 Å². The van der Waals surface area contributed by atoms with E-state index in [4.69, 9.17) is 0 Å². The first-order valence-corrected chi connectivity index (χ1v) is 6.15. The molecule has 1 N–H and O–H groups in total. The molecule has 0 aliphatic rings. The van der Waals surface area contributed by atoms with E-state index in [1.165, 1.54) is 0 Å². The highest BCUT2D eigenvalue weighted by Crippen LogP contribution is 2.19. The molecule has 1 aromatic heterocycles. The number of rotatable bonds is 4. The molecule has 98 valence electrons. The summed E-state index contributed by atoms with van der Waals surface area (Å²) in [6.45, 7) is 3.69. The number of carboxylic acids is 1. The number of nitrogens with zero attached hydrogens (tertiary/aromatic N) is 2. The van der Waals surface area contributed by atoms with Gasteiger partial charge in [0.15, 0.2) is 0 Å². The van der Waals surface area contributed by atoms with Gasteiger partial charge in [0.25, 0.3) is 0 Å². The topological polar surface area (TPSA) is 63.1 Å². The second-order valence-electron chi connectivity index (χ2n) is 4.59. The SMILES string of the molecule is Cc1cc(C)nc(C(Cc2ccccc2)C(=O)O)n1. The van der Waals surface area contributed by atoms with Crippen LogP contribution in [0.3, 0.4) is 0 Å². The Morgan fingerprint density at radius 1 is 1.16 bits per heavy atom. The molecule has 1 heterocycles. The van der Waals surface area contributed by atoms with E-state index in [2.05, 4.69) is 9.97 Å². The molecule has 19 heavy (non-hydrogen) atoms. The molecular weight excluding hydrogens is 240 g/mol. The highest BCUT2D eigenvalue weighted by atomic mass is 16.4. The van der Waals surface area contributed by atoms with E-state index in [1.807, 2.05) is 50.2 Å². The van der Waals surface area contributed by atoms with Crippen molar-refractivity contribution in [1.29, 1.82) is 0 Å². The minimum atomic E-state index is -0.895. The van der Waals surface area contributed by atoms with Crippen LogP contribution in [-0.4, -0.2) is 21.0 Å². The lowest BCUT2D eigenvalue weighted by Gasteiger charge is -2.12. The van der Waals surface area contributed by atoms with Gasteiger partial charge in [0, 0.05) is 11.4 Å². The van der Waals surface area contributed by atoms with Gasteiger partial charge in [-0.3, -0.25) is 4.79 Å². The van der Waals surface area contributed by atoms with Crippen LogP contribution in [0, 0.1) is 13.8 Å². The van der Waals surface area contributed by atoms with Crippen LogP contribution in [0.15, 0.2) is 36.4 Å². The van der Waals surface area contributed by atoms with Crippen molar-refractivity contribution >= 4 is 5.97 Å². The maximum atomic E-state index is 11.4. The van der Waals surface area contributed by atoms with Crippen molar-refractivity contribution in [3.05, 3.63) is 59.2 Å². The van der Waals surface area contributed by atoms with Gasteiger partial charge in [-0.15, -0.1) is 0 Å². The normalized spacial score (nSPS) is 12.1. The van der Waals surface area contributed by atoms with Gasteiger partial charge in [-0.25, -0.2) is 9.97 Å². The fourth-order valence-electron chi connectivity index (χ4n) is 2.05. The highest BCUT2D eigenvalue weighted by molar-refractivity contribution is 5.75. The average molecular weight is 256 g/mol. The largest absolute Gasteiger partial charge is 0.481 e. The van der Waals surface area contributed by atoms with Crippen molar-refractivity contribution < 1.29 is 9.90 Å². The zero-order valence-corrected chi connectivity index (χ0v) is 11.0. The fraction of sp³-hybridized carbons (Fsp3) is 0.267. The molecule has 2 aromatic rings. The van der Waals surface area contributed by atoms with Gasteiger partial charge in [0.05, 0.1) is 0 Å². The number of aromatic nitrogens is 2. The first-order chi connectivity index (χ1) is 9.06. The molecule has 1 aromatic carbocycles. The summed E-state index contributed by atoms with van der Waals surface area (Å²) in [7, 11) is 0. The van der Waals surface area contributed by atoms with E-state index < -0.39 is 11.9 Å². The quantitative estimate of drug-likeness (QED) is 0.913. The van der Waals surface area contributed by atoms with Crippen LogP contribution in [-0.2, 0) is 11.2 Å². The fourth-order valence-corrected chi connectivity index (χ4v) is 2.05. The Hall–Kier alpha value is -2.23. The summed E-state index contributed by atoms with van der Waals surface area (Å²) in [5.74, 6) is -1.22. The van der Waals surface area contributed by atoms with E-state index in [-0.39, 0.29) is 0 Å². The first kappa shape index (κ1) is 13.2. The van der Waals surface area contributed by atoms with Gasteiger partial charge >= 0.3 is 5.97 Å². The summed E-state index contributed by atoms with van der Waals surface area (Å²) in [5.41, 5.74) is 2.56. The summed E-state index contributed by atoms with van der Waals surface area (Å²) < 4.78 is 0. The highest BCUT2D eigenvalue weighted by Gasteiger charge is 2.23.